The lowest BCUT2D eigenvalue weighted by Gasteiger charge is -2.63. The molecule has 182 valence electrons. The van der Waals surface area contributed by atoms with Crippen molar-refractivity contribution < 1.29 is 19.4 Å². The Labute approximate surface area is 211 Å². The third kappa shape index (κ3) is 2.95. The van der Waals surface area contributed by atoms with Gasteiger partial charge in [-0.15, -0.1) is 0 Å². The van der Waals surface area contributed by atoms with Gasteiger partial charge in [-0.3, -0.25) is 9.59 Å². The minimum atomic E-state index is -1.66. The van der Waals surface area contributed by atoms with E-state index in [0.717, 1.165) is 27.8 Å². The van der Waals surface area contributed by atoms with Crippen molar-refractivity contribution in [2.45, 2.75) is 42.8 Å². The minimum Gasteiger partial charge on any atom is -0.381 e. The number of rotatable bonds is 5. The first-order chi connectivity index (χ1) is 17.4. The van der Waals surface area contributed by atoms with Crippen LogP contribution in [0.1, 0.15) is 53.5 Å². The summed E-state index contributed by atoms with van der Waals surface area (Å²) in [4.78, 5) is 27.7. The van der Waals surface area contributed by atoms with Gasteiger partial charge in [-0.25, -0.2) is 0 Å². The van der Waals surface area contributed by atoms with E-state index in [1.54, 1.807) is 13.2 Å². The zero-order valence-electron chi connectivity index (χ0n) is 20.6. The van der Waals surface area contributed by atoms with Crippen LogP contribution in [0.3, 0.4) is 0 Å². The maximum atomic E-state index is 13.9. The molecule has 1 N–H and O–H groups in total. The Bertz CT molecular complexity index is 1330. The number of ether oxygens (including phenoxy) is 1. The summed E-state index contributed by atoms with van der Waals surface area (Å²) in [5, 5.41) is 12.3. The molecule has 0 spiro atoms. The fraction of sp³-hybridized carbons (Fsp3) is 0.312. The van der Waals surface area contributed by atoms with Crippen molar-refractivity contribution in [1.82, 2.24) is 0 Å². The van der Waals surface area contributed by atoms with Gasteiger partial charge in [0.2, 0.25) is 0 Å². The van der Waals surface area contributed by atoms with Crippen LogP contribution in [-0.4, -0.2) is 35.5 Å². The van der Waals surface area contributed by atoms with E-state index in [-0.39, 0.29) is 36.4 Å². The normalized spacial score (nSPS) is 31.0. The van der Waals surface area contributed by atoms with Crippen molar-refractivity contribution >= 4 is 17.6 Å². The second-order valence-corrected chi connectivity index (χ2v) is 10.4. The van der Waals surface area contributed by atoms with E-state index in [2.05, 4.69) is 24.3 Å². The topological polar surface area (TPSA) is 63.6 Å². The summed E-state index contributed by atoms with van der Waals surface area (Å²) in [7, 11) is 1.67. The van der Waals surface area contributed by atoms with E-state index in [1.165, 1.54) is 6.08 Å². The van der Waals surface area contributed by atoms with Gasteiger partial charge in [-0.05, 0) is 47.2 Å². The predicted octanol–water partition coefficient (Wildman–Crippen LogP) is 5.08. The molecule has 1 saturated carbocycles. The first kappa shape index (κ1) is 23.1. The zero-order chi connectivity index (χ0) is 25.1. The number of hydrogen-bond acceptors (Lipinski definition) is 4. The summed E-state index contributed by atoms with van der Waals surface area (Å²) in [6, 6.07) is 26.0. The summed E-state index contributed by atoms with van der Waals surface area (Å²) in [5.74, 6) is -1.63. The molecule has 36 heavy (non-hydrogen) atoms. The number of ketones is 2. The Morgan fingerprint density at radius 2 is 1.56 bits per heavy atom. The van der Waals surface area contributed by atoms with Crippen molar-refractivity contribution in [1.29, 1.82) is 0 Å². The van der Waals surface area contributed by atoms with Crippen molar-refractivity contribution in [3.8, 4) is 0 Å². The molecular formula is C32H30O4. The molecule has 0 aliphatic heterocycles. The van der Waals surface area contributed by atoms with Crippen molar-refractivity contribution in [3.63, 3.8) is 0 Å². The molecule has 0 unspecified atom stereocenters. The molecule has 4 nitrogen and oxygen atoms in total. The highest BCUT2D eigenvalue weighted by Crippen LogP contribution is 2.67. The second-order valence-electron chi connectivity index (χ2n) is 10.4. The first-order valence-corrected chi connectivity index (χ1v) is 12.7. The largest absolute Gasteiger partial charge is 0.381 e. The van der Waals surface area contributed by atoms with Crippen molar-refractivity contribution in [3.05, 3.63) is 113 Å². The number of hydrogen-bond donors (Lipinski definition) is 1. The summed E-state index contributed by atoms with van der Waals surface area (Å²) >= 11 is 0. The number of methoxy groups -OCH3 is 1. The molecule has 0 radical (unpaired) electrons. The fourth-order valence-corrected chi connectivity index (χ4v) is 7.49. The van der Waals surface area contributed by atoms with Gasteiger partial charge in [0.1, 0.15) is 11.4 Å². The molecule has 0 amide bonds. The van der Waals surface area contributed by atoms with Crippen molar-refractivity contribution in [2.24, 2.45) is 11.8 Å². The lowest BCUT2D eigenvalue weighted by Crippen LogP contribution is -2.68. The van der Waals surface area contributed by atoms with E-state index < -0.39 is 22.9 Å². The van der Waals surface area contributed by atoms with Crippen LogP contribution in [0.2, 0.25) is 0 Å². The Morgan fingerprint density at radius 3 is 2.17 bits per heavy atom. The highest BCUT2D eigenvalue weighted by atomic mass is 16.5. The SMILES string of the molecule is CO[C@@H](C)C12c3ccccc3C(c3ccccc31)[C@H]1[C@@H]2C(=O)CC[C@]1(O)C(=O)/C=C/c1ccccc1. The van der Waals surface area contributed by atoms with Crippen LogP contribution in [0.15, 0.2) is 84.9 Å². The Morgan fingerprint density at radius 1 is 0.972 bits per heavy atom. The average Bonchev–Trinajstić information content (AvgIpc) is 2.93. The number of aliphatic hydroxyl groups is 1. The van der Waals surface area contributed by atoms with Gasteiger partial charge in [-0.2, -0.15) is 0 Å². The molecule has 3 aromatic carbocycles. The van der Waals surface area contributed by atoms with Crippen LogP contribution >= 0.6 is 0 Å². The smallest absolute Gasteiger partial charge is 0.187 e. The molecule has 0 heterocycles. The maximum Gasteiger partial charge on any atom is 0.187 e. The van der Waals surface area contributed by atoms with Crippen LogP contribution in [0.4, 0.5) is 0 Å². The zero-order valence-corrected chi connectivity index (χ0v) is 20.6. The molecule has 4 aliphatic carbocycles. The van der Waals surface area contributed by atoms with E-state index in [4.69, 9.17) is 4.74 Å². The predicted molar refractivity (Wildman–Crippen MR) is 139 cm³/mol. The third-order valence-corrected chi connectivity index (χ3v) is 8.99. The van der Waals surface area contributed by atoms with Crippen LogP contribution in [0.5, 0.6) is 0 Å². The van der Waals surface area contributed by atoms with Gasteiger partial charge >= 0.3 is 0 Å². The number of carbonyl (C=O) groups excluding carboxylic acids is 2. The van der Waals surface area contributed by atoms with Crippen LogP contribution < -0.4 is 0 Å². The molecular weight excluding hydrogens is 448 g/mol. The van der Waals surface area contributed by atoms with Crippen molar-refractivity contribution in [2.75, 3.05) is 7.11 Å². The van der Waals surface area contributed by atoms with E-state index in [9.17, 15) is 14.7 Å². The van der Waals surface area contributed by atoms with Gasteiger partial charge in [0.05, 0.1) is 11.5 Å². The monoisotopic (exact) mass is 478 g/mol. The van der Waals surface area contributed by atoms with Gasteiger partial charge in [-0.1, -0.05) is 84.9 Å². The lowest BCUT2D eigenvalue weighted by atomic mass is 9.40. The maximum absolute atomic E-state index is 13.9. The van der Waals surface area contributed by atoms with Crippen LogP contribution in [0.25, 0.3) is 6.08 Å². The molecule has 0 saturated heterocycles. The number of carbonyl (C=O) groups is 2. The van der Waals surface area contributed by atoms with E-state index in [0.29, 0.717) is 0 Å². The number of benzene rings is 3. The minimum absolute atomic E-state index is 0.0995. The summed E-state index contributed by atoms with van der Waals surface area (Å²) < 4.78 is 6.02. The first-order valence-electron chi connectivity index (χ1n) is 12.7. The van der Waals surface area contributed by atoms with Gasteiger partial charge in [0, 0.05) is 31.3 Å². The van der Waals surface area contributed by atoms with Crippen LogP contribution in [-0.2, 0) is 19.7 Å². The molecule has 3 aromatic rings. The molecule has 1 fully saturated rings. The van der Waals surface area contributed by atoms with Gasteiger partial charge < -0.3 is 9.84 Å². The molecule has 4 heteroatoms. The lowest BCUT2D eigenvalue weighted by molar-refractivity contribution is -0.165. The molecule has 2 bridgehead atoms. The molecule has 7 rings (SSSR count). The summed E-state index contributed by atoms with van der Waals surface area (Å²) in [6.45, 7) is 2.01. The fourth-order valence-electron chi connectivity index (χ4n) is 7.49. The van der Waals surface area contributed by atoms with Gasteiger partial charge in [0.25, 0.3) is 0 Å². The standard InChI is InChI=1S/C32H30O4/c1-20(36-2)32-24-14-8-6-12-22(24)28(23-13-7-9-15-25(23)32)30-29(32)26(33)18-19-31(30,35)27(34)17-16-21-10-4-3-5-11-21/h3-17,20,28-30,35H,18-19H2,1-2H3/b17-16+/t20-,28?,29-,30-,31-,32?/m0/s1. The van der Waals surface area contributed by atoms with E-state index in [1.807, 2.05) is 61.5 Å². The highest BCUT2D eigenvalue weighted by Gasteiger charge is 2.69. The molecule has 0 aromatic heterocycles. The Hall–Kier alpha value is -3.34. The Kier molecular flexibility index (Phi) is 5.36. The summed E-state index contributed by atoms with van der Waals surface area (Å²) in [6.07, 6.45) is 3.20. The quantitative estimate of drug-likeness (QED) is 0.520. The summed E-state index contributed by atoms with van der Waals surface area (Å²) in [5.41, 5.74) is 2.76. The molecule has 4 atom stereocenters. The van der Waals surface area contributed by atoms with Gasteiger partial charge in [0.15, 0.2) is 5.78 Å². The highest BCUT2D eigenvalue weighted by molar-refractivity contribution is 6.03. The van der Waals surface area contributed by atoms with Crippen LogP contribution in [0, 0.1) is 11.8 Å². The second kappa shape index (κ2) is 8.36. The Balaban J connectivity index is 1.59. The molecule has 4 aliphatic rings. The number of Topliss-reactive ketones (excluding diaryl/α,β-unsaturated/α-hetero) is 1. The average molecular weight is 479 g/mol. The third-order valence-electron chi connectivity index (χ3n) is 8.99. The van der Waals surface area contributed by atoms with E-state index >= 15 is 0 Å².